The van der Waals surface area contributed by atoms with Crippen molar-refractivity contribution in [3.05, 3.63) is 54.1 Å². The Morgan fingerprint density at radius 2 is 1.76 bits per heavy atom. The van der Waals surface area contributed by atoms with Crippen molar-refractivity contribution in [3.8, 4) is 11.6 Å². The molecule has 5 N–H and O–H groups in total. The fourth-order valence-corrected chi connectivity index (χ4v) is 2.88. The van der Waals surface area contributed by atoms with E-state index in [0.29, 0.717) is 41.8 Å². The number of primary amides is 1. The van der Waals surface area contributed by atoms with Gasteiger partial charge in [-0.05, 0) is 36.4 Å². The Morgan fingerprint density at radius 1 is 1.09 bits per heavy atom. The first-order valence-electron chi connectivity index (χ1n) is 9.48. The lowest BCUT2D eigenvalue weighted by molar-refractivity contribution is -0.159. The first-order chi connectivity index (χ1) is 15.7. The lowest BCUT2D eigenvalue weighted by Gasteiger charge is -2.36. The van der Waals surface area contributed by atoms with E-state index in [9.17, 15) is 9.59 Å². The van der Waals surface area contributed by atoms with Crippen LogP contribution in [0.1, 0.15) is 22.2 Å². The molecule has 0 aliphatic carbocycles. The first-order valence-corrected chi connectivity index (χ1v) is 9.48. The average Bonchev–Trinajstić information content (AvgIpc) is 3.43. The summed E-state index contributed by atoms with van der Waals surface area (Å²) in [4.78, 5) is 47.7. The molecule has 1 aliphatic rings. The largest absolute Gasteiger partial charge is 0.473 e. The summed E-state index contributed by atoms with van der Waals surface area (Å²) in [5, 5.41) is 21.5. The van der Waals surface area contributed by atoms with Crippen LogP contribution in [0.2, 0.25) is 0 Å². The molecule has 4 rings (SSSR count). The van der Waals surface area contributed by atoms with Gasteiger partial charge in [-0.25, -0.2) is 9.59 Å². The number of carbonyl (C=O) groups is 4. The summed E-state index contributed by atoms with van der Waals surface area (Å²) in [6, 6.07) is 9.96. The molecule has 0 radical (unpaired) electrons. The molecule has 3 heterocycles. The zero-order valence-corrected chi connectivity index (χ0v) is 17.0. The Bertz CT molecular complexity index is 1120. The minimum atomic E-state index is -1.82. The van der Waals surface area contributed by atoms with Crippen molar-refractivity contribution < 1.29 is 38.3 Å². The molecule has 1 saturated heterocycles. The minimum Gasteiger partial charge on any atom is -0.473 e. The van der Waals surface area contributed by atoms with Crippen LogP contribution in [0.3, 0.4) is 0 Å². The number of amides is 2. The van der Waals surface area contributed by atoms with Crippen LogP contribution >= 0.6 is 0 Å². The minimum absolute atomic E-state index is 0.101. The Morgan fingerprint density at radius 3 is 2.30 bits per heavy atom. The van der Waals surface area contributed by atoms with E-state index < -0.39 is 17.8 Å². The Hall–Kier alpha value is -4.52. The predicted octanol–water partition coefficient (Wildman–Crippen LogP) is 0.622. The van der Waals surface area contributed by atoms with Gasteiger partial charge in [0.15, 0.2) is 5.76 Å². The van der Waals surface area contributed by atoms with Crippen LogP contribution in [-0.2, 0) is 14.4 Å². The van der Waals surface area contributed by atoms with E-state index in [1.807, 2.05) is 4.90 Å². The molecule has 3 aromatic rings. The predicted molar refractivity (Wildman–Crippen MR) is 110 cm³/mol. The molecule has 0 saturated carbocycles. The monoisotopic (exact) mass is 457 g/mol. The van der Waals surface area contributed by atoms with E-state index >= 15 is 0 Å². The zero-order valence-electron chi connectivity index (χ0n) is 17.0. The van der Waals surface area contributed by atoms with Crippen molar-refractivity contribution >= 4 is 29.4 Å². The Balaban J connectivity index is 0.000000454. The van der Waals surface area contributed by atoms with Gasteiger partial charge in [-0.15, -0.1) is 0 Å². The number of hydrogen-bond donors (Lipinski definition) is 4. The van der Waals surface area contributed by atoms with E-state index in [1.165, 1.54) is 0 Å². The Labute approximate surface area is 185 Å². The molecule has 0 spiro atoms. The fourth-order valence-electron chi connectivity index (χ4n) is 2.88. The lowest BCUT2D eigenvalue weighted by Crippen LogP contribution is -2.48. The number of nitrogens with two attached hydrogens (primary N) is 1. The molecule has 1 aromatic carbocycles. The van der Waals surface area contributed by atoms with Gasteiger partial charge in [0.2, 0.25) is 23.5 Å². The molecule has 33 heavy (non-hydrogen) atoms. The number of anilines is 1. The van der Waals surface area contributed by atoms with Crippen molar-refractivity contribution in [1.82, 2.24) is 15.0 Å². The number of aliphatic carboxylic acids is 2. The average molecular weight is 457 g/mol. The fraction of sp³-hybridized carbons (Fsp3) is 0.200. The highest BCUT2D eigenvalue weighted by Gasteiger charge is 2.33. The summed E-state index contributed by atoms with van der Waals surface area (Å²) in [5.74, 6) is -2.67. The normalized spacial score (nSPS) is 13.3. The molecule has 13 nitrogen and oxygen atoms in total. The van der Waals surface area contributed by atoms with Crippen LogP contribution in [-0.4, -0.2) is 68.6 Å². The number of nitrogens with one attached hydrogen (secondary N) is 1. The zero-order chi connectivity index (χ0) is 24.0. The smallest absolute Gasteiger partial charge is 0.414 e. The number of hydrogen-bond acceptors (Lipinski definition) is 9. The molecule has 2 aromatic heterocycles. The molecule has 2 amide bonds. The molecule has 13 heteroatoms. The van der Waals surface area contributed by atoms with Crippen molar-refractivity contribution in [2.45, 2.75) is 5.92 Å². The number of carboxylic acids is 2. The van der Waals surface area contributed by atoms with Crippen LogP contribution in [0.15, 0.2) is 51.6 Å². The number of rotatable bonds is 6. The maximum absolute atomic E-state index is 12.1. The summed E-state index contributed by atoms with van der Waals surface area (Å²) in [6.45, 7) is 1.58. The highest BCUT2D eigenvalue weighted by Crippen LogP contribution is 2.27. The summed E-state index contributed by atoms with van der Waals surface area (Å²) in [5.41, 5.74) is 6.20. The van der Waals surface area contributed by atoms with Crippen LogP contribution < -0.4 is 11.1 Å². The summed E-state index contributed by atoms with van der Waals surface area (Å²) >= 11 is 0. The summed E-state index contributed by atoms with van der Waals surface area (Å²) < 4.78 is 10.5. The quantitative estimate of drug-likeness (QED) is 0.378. The second kappa shape index (κ2) is 10.2. The third-order valence-electron chi connectivity index (χ3n) is 4.49. The van der Waals surface area contributed by atoms with Gasteiger partial charge >= 0.3 is 11.9 Å². The second-order valence-corrected chi connectivity index (χ2v) is 6.92. The number of carbonyl (C=O) groups excluding carboxylic acids is 2. The SMILES string of the molecule is NC(=O)c1ccc(NC(=O)CN2CC(c3nc(-c4ccco4)no3)C2)cc1.O=C(O)C(=O)O. The van der Waals surface area contributed by atoms with Crippen LogP contribution in [0, 0.1) is 0 Å². The number of nitrogens with zero attached hydrogens (tertiary/aromatic N) is 3. The molecule has 0 unspecified atom stereocenters. The van der Waals surface area contributed by atoms with E-state index in [1.54, 1.807) is 42.7 Å². The van der Waals surface area contributed by atoms with E-state index in [-0.39, 0.29) is 18.4 Å². The highest BCUT2D eigenvalue weighted by atomic mass is 16.5. The van der Waals surface area contributed by atoms with Crippen molar-refractivity contribution in [3.63, 3.8) is 0 Å². The number of furan rings is 1. The van der Waals surface area contributed by atoms with Gasteiger partial charge in [0.1, 0.15) is 0 Å². The number of carboxylic acid groups (broad SMARTS) is 2. The van der Waals surface area contributed by atoms with Crippen molar-refractivity contribution in [2.75, 3.05) is 25.0 Å². The van der Waals surface area contributed by atoms with Crippen molar-refractivity contribution in [1.29, 1.82) is 0 Å². The number of likely N-dealkylation sites (tertiary alicyclic amines) is 1. The van der Waals surface area contributed by atoms with Gasteiger partial charge in [0.25, 0.3) is 0 Å². The van der Waals surface area contributed by atoms with Gasteiger partial charge in [-0.1, -0.05) is 5.16 Å². The Kier molecular flexibility index (Phi) is 7.15. The topological polar surface area (TPSA) is 202 Å². The lowest BCUT2D eigenvalue weighted by atomic mass is 10.0. The van der Waals surface area contributed by atoms with Gasteiger partial charge < -0.3 is 30.2 Å². The standard InChI is InChI=1S/C18H17N5O4.C2H2O4/c19-16(25)11-3-5-13(6-4-11)20-15(24)10-23-8-12(9-23)18-21-17(22-27-18)14-2-1-7-26-14;3-1(4)2(5)6/h1-7,12H,8-10H2,(H2,19,25)(H,20,24);(H,3,4)(H,5,6). The van der Waals surface area contributed by atoms with Crippen LogP contribution in [0.4, 0.5) is 5.69 Å². The first kappa shape index (κ1) is 23.1. The summed E-state index contributed by atoms with van der Waals surface area (Å²) in [6.07, 6.45) is 1.55. The molecular formula is C20H19N5O8. The van der Waals surface area contributed by atoms with Gasteiger partial charge in [-0.2, -0.15) is 4.98 Å². The molecule has 0 bridgehead atoms. The number of aromatic nitrogens is 2. The van der Waals surface area contributed by atoms with Crippen LogP contribution in [0.5, 0.6) is 0 Å². The molecule has 1 aliphatic heterocycles. The van der Waals surface area contributed by atoms with E-state index in [4.69, 9.17) is 34.5 Å². The summed E-state index contributed by atoms with van der Waals surface area (Å²) in [7, 11) is 0. The van der Waals surface area contributed by atoms with Gasteiger partial charge in [0.05, 0.1) is 18.7 Å². The number of benzene rings is 1. The molecular weight excluding hydrogens is 438 g/mol. The molecule has 0 atom stereocenters. The van der Waals surface area contributed by atoms with E-state index in [2.05, 4.69) is 15.5 Å². The maximum atomic E-state index is 12.1. The van der Waals surface area contributed by atoms with Gasteiger partial charge in [0, 0.05) is 24.3 Å². The van der Waals surface area contributed by atoms with Crippen molar-refractivity contribution in [2.24, 2.45) is 5.73 Å². The van der Waals surface area contributed by atoms with E-state index in [0.717, 1.165) is 0 Å². The van der Waals surface area contributed by atoms with Gasteiger partial charge in [-0.3, -0.25) is 14.5 Å². The maximum Gasteiger partial charge on any atom is 0.414 e. The third-order valence-corrected chi connectivity index (χ3v) is 4.49. The highest BCUT2D eigenvalue weighted by molar-refractivity contribution is 6.27. The molecule has 1 fully saturated rings. The van der Waals surface area contributed by atoms with Crippen LogP contribution in [0.25, 0.3) is 11.6 Å². The molecule has 172 valence electrons. The second-order valence-electron chi connectivity index (χ2n) is 6.92. The third kappa shape index (κ3) is 6.24.